The summed E-state index contributed by atoms with van der Waals surface area (Å²) in [6, 6.07) is 0. The van der Waals surface area contributed by atoms with E-state index in [0.29, 0.717) is 31.1 Å². The Balaban J connectivity index is 1.72. The smallest absolute Gasteiger partial charge is 0.306 e. The van der Waals surface area contributed by atoms with Crippen molar-refractivity contribution >= 4 is 11.8 Å². The topological polar surface area (TPSA) is 63.6 Å². The number of aliphatic hydroxyl groups excluding tert-OH is 1. The highest BCUT2D eigenvalue weighted by atomic mass is 16.6. The minimum atomic E-state index is -0.516. The highest BCUT2D eigenvalue weighted by Gasteiger charge is 2.60. The van der Waals surface area contributed by atoms with E-state index in [4.69, 9.17) is 4.74 Å². The van der Waals surface area contributed by atoms with Crippen LogP contribution in [-0.2, 0) is 14.3 Å². The van der Waals surface area contributed by atoms with Gasteiger partial charge in [0.15, 0.2) is 5.78 Å². The third-order valence-corrected chi connectivity index (χ3v) is 7.24. The lowest BCUT2D eigenvalue weighted by Crippen LogP contribution is -2.61. The molecule has 3 aliphatic carbocycles. The number of ether oxygens (including phenoxy) is 1. The summed E-state index contributed by atoms with van der Waals surface area (Å²) in [7, 11) is 0. The summed E-state index contributed by atoms with van der Waals surface area (Å²) in [6.07, 6.45) is 6.66. The predicted molar refractivity (Wildman–Crippen MR) is 84.5 cm³/mol. The van der Waals surface area contributed by atoms with Gasteiger partial charge in [-0.25, -0.2) is 0 Å². The first-order chi connectivity index (χ1) is 10.8. The first kappa shape index (κ1) is 15.4. The van der Waals surface area contributed by atoms with Gasteiger partial charge in [0.1, 0.15) is 5.60 Å². The number of hydrogen-bond acceptors (Lipinski definition) is 4. The zero-order chi connectivity index (χ0) is 16.4. The molecule has 0 radical (unpaired) electrons. The molecule has 0 aromatic carbocycles. The Hall–Kier alpha value is -1.16. The molecule has 4 heteroatoms. The molecule has 1 aliphatic heterocycles. The van der Waals surface area contributed by atoms with Crippen LogP contribution in [0, 0.1) is 23.2 Å². The molecule has 0 unspecified atom stereocenters. The summed E-state index contributed by atoms with van der Waals surface area (Å²) in [4.78, 5) is 23.6. The van der Waals surface area contributed by atoms with Gasteiger partial charge in [-0.3, -0.25) is 9.59 Å². The predicted octanol–water partition coefficient (Wildman–Crippen LogP) is 2.78. The van der Waals surface area contributed by atoms with Crippen LogP contribution in [0.3, 0.4) is 0 Å². The number of hydrogen-bond donors (Lipinski definition) is 1. The van der Waals surface area contributed by atoms with E-state index in [1.54, 1.807) is 0 Å². The normalized spacial score (nSPS) is 49.4. The van der Waals surface area contributed by atoms with E-state index in [1.807, 2.05) is 13.0 Å². The van der Waals surface area contributed by atoms with Gasteiger partial charge in [-0.05, 0) is 55.9 Å². The second-order valence-corrected chi connectivity index (χ2v) is 8.49. The quantitative estimate of drug-likeness (QED) is 0.698. The third-order valence-electron chi connectivity index (χ3n) is 7.24. The highest BCUT2D eigenvalue weighted by molar-refractivity contribution is 5.91. The van der Waals surface area contributed by atoms with Crippen LogP contribution < -0.4 is 0 Å². The summed E-state index contributed by atoms with van der Waals surface area (Å²) in [5.41, 5.74) is 0.655. The molecule has 4 nitrogen and oxygen atoms in total. The minimum absolute atomic E-state index is 0.0704. The van der Waals surface area contributed by atoms with Gasteiger partial charge in [-0.15, -0.1) is 0 Å². The average molecular weight is 318 g/mol. The molecule has 1 saturated heterocycles. The summed E-state index contributed by atoms with van der Waals surface area (Å²) < 4.78 is 5.72. The van der Waals surface area contributed by atoms with E-state index in [2.05, 4.69) is 6.92 Å². The fourth-order valence-corrected chi connectivity index (χ4v) is 6.22. The van der Waals surface area contributed by atoms with Crippen molar-refractivity contribution in [3.63, 3.8) is 0 Å². The standard InChI is InChI=1S/C19H26O4/c1-18-8-7-12(20)9-11(18)3-4-13-14-5-6-16(22)23-19(14,2)10-15(21)17(13)18/h9,13-15,17,21H,3-8,10H2,1-2H3/t13-,14-,15-,17+,18+,19+/m1/s1. The molecule has 0 bridgehead atoms. The first-order valence-corrected chi connectivity index (χ1v) is 8.97. The van der Waals surface area contributed by atoms with Crippen LogP contribution in [0.5, 0.6) is 0 Å². The second kappa shape index (κ2) is 4.92. The second-order valence-electron chi connectivity index (χ2n) is 8.49. The largest absolute Gasteiger partial charge is 0.459 e. The molecule has 6 atom stereocenters. The van der Waals surface area contributed by atoms with Gasteiger partial charge in [-0.2, -0.15) is 0 Å². The number of allylic oxidation sites excluding steroid dienone is 2. The van der Waals surface area contributed by atoms with Crippen LogP contribution in [-0.4, -0.2) is 28.6 Å². The molecule has 126 valence electrons. The number of fused-ring (bicyclic) bond motifs is 5. The van der Waals surface area contributed by atoms with Crippen molar-refractivity contribution in [3.8, 4) is 0 Å². The molecule has 0 aromatic heterocycles. The van der Waals surface area contributed by atoms with Crippen molar-refractivity contribution in [2.24, 2.45) is 23.2 Å². The van der Waals surface area contributed by atoms with E-state index in [0.717, 1.165) is 25.7 Å². The van der Waals surface area contributed by atoms with E-state index < -0.39 is 11.7 Å². The van der Waals surface area contributed by atoms with Gasteiger partial charge >= 0.3 is 5.97 Å². The SMILES string of the molecule is C[C@]12CCC(=O)C=C1CC[C@H]1[C@H]2[C@H](O)C[C@]2(C)OC(=O)CC[C@H]12. The van der Waals surface area contributed by atoms with Crippen molar-refractivity contribution < 1.29 is 19.4 Å². The van der Waals surface area contributed by atoms with Crippen LogP contribution in [0.4, 0.5) is 0 Å². The molecule has 1 heterocycles. The first-order valence-electron chi connectivity index (χ1n) is 8.97. The molecule has 1 N–H and O–H groups in total. The number of esters is 1. The zero-order valence-corrected chi connectivity index (χ0v) is 14.0. The van der Waals surface area contributed by atoms with Gasteiger partial charge in [0.25, 0.3) is 0 Å². The van der Waals surface area contributed by atoms with E-state index >= 15 is 0 Å². The summed E-state index contributed by atoms with van der Waals surface area (Å²) in [5.74, 6) is 1.01. The number of rotatable bonds is 0. The van der Waals surface area contributed by atoms with Crippen LogP contribution in [0.2, 0.25) is 0 Å². The summed E-state index contributed by atoms with van der Waals surface area (Å²) >= 11 is 0. The highest BCUT2D eigenvalue weighted by Crippen LogP contribution is 2.61. The van der Waals surface area contributed by atoms with Crippen molar-refractivity contribution in [2.75, 3.05) is 0 Å². The monoisotopic (exact) mass is 318 g/mol. The van der Waals surface area contributed by atoms with E-state index in [-0.39, 0.29) is 23.1 Å². The zero-order valence-electron chi connectivity index (χ0n) is 14.0. The van der Waals surface area contributed by atoms with Crippen LogP contribution >= 0.6 is 0 Å². The molecule has 0 spiro atoms. The summed E-state index contributed by atoms with van der Waals surface area (Å²) in [5, 5.41) is 11.0. The van der Waals surface area contributed by atoms with Gasteiger partial charge in [0.05, 0.1) is 6.10 Å². The Morgan fingerprint density at radius 2 is 1.96 bits per heavy atom. The molecular weight excluding hydrogens is 292 g/mol. The van der Waals surface area contributed by atoms with Crippen molar-refractivity contribution in [1.82, 2.24) is 0 Å². The Labute approximate surface area is 137 Å². The third kappa shape index (κ3) is 2.14. The molecule has 0 amide bonds. The van der Waals surface area contributed by atoms with Gasteiger partial charge in [-0.1, -0.05) is 12.5 Å². The molecule has 3 fully saturated rings. The Kier molecular flexibility index (Phi) is 3.29. The van der Waals surface area contributed by atoms with Crippen LogP contribution in [0.1, 0.15) is 58.8 Å². The molecular formula is C19H26O4. The lowest BCUT2D eigenvalue weighted by Gasteiger charge is -2.60. The van der Waals surface area contributed by atoms with Gasteiger partial charge < -0.3 is 9.84 Å². The maximum absolute atomic E-state index is 11.8. The van der Waals surface area contributed by atoms with Crippen molar-refractivity contribution in [3.05, 3.63) is 11.6 Å². The van der Waals surface area contributed by atoms with Crippen molar-refractivity contribution in [1.29, 1.82) is 0 Å². The van der Waals surface area contributed by atoms with E-state index in [9.17, 15) is 14.7 Å². The molecule has 23 heavy (non-hydrogen) atoms. The molecule has 0 aromatic rings. The Morgan fingerprint density at radius 3 is 2.74 bits per heavy atom. The number of carbonyl (C=O) groups excluding carboxylic acids is 2. The lowest BCUT2D eigenvalue weighted by atomic mass is 9.47. The Morgan fingerprint density at radius 1 is 1.17 bits per heavy atom. The molecule has 4 aliphatic rings. The van der Waals surface area contributed by atoms with Gasteiger partial charge in [0, 0.05) is 25.2 Å². The van der Waals surface area contributed by atoms with Crippen LogP contribution in [0.25, 0.3) is 0 Å². The number of carbonyl (C=O) groups is 2. The summed E-state index contributed by atoms with van der Waals surface area (Å²) in [6.45, 7) is 4.25. The maximum Gasteiger partial charge on any atom is 0.306 e. The fraction of sp³-hybridized carbons (Fsp3) is 0.789. The molecule has 4 rings (SSSR count). The fourth-order valence-electron chi connectivity index (χ4n) is 6.22. The lowest BCUT2D eigenvalue weighted by molar-refractivity contribution is -0.212. The van der Waals surface area contributed by atoms with Crippen molar-refractivity contribution in [2.45, 2.75) is 70.5 Å². The number of aliphatic hydroxyl groups is 1. The maximum atomic E-state index is 11.8. The number of ketones is 1. The minimum Gasteiger partial charge on any atom is -0.459 e. The Bertz CT molecular complexity index is 594. The molecule has 2 saturated carbocycles. The van der Waals surface area contributed by atoms with Gasteiger partial charge in [0.2, 0.25) is 0 Å². The van der Waals surface area contributed by atoms with Crippen LogP contribution in [0.15, 0.2) is 11.6 Å². The van der Waals surface area contributed by atoms with E-state index in [1.165, 1.54) is 5.57 Å². The average Bonchev–Trinajstić information content (AvgIpc) is 2.46.